The molecule has 0 radical (unpaired) electrons. The number of fused-ring (bicyclic) bond motifs is 2. The topological polar surface area (TPSA) is 51.7 Å². The van der Waals surface area contributed by atoms with E-state index in [1.807, 2.05) is 12.3 Å². The van der Waals surface area contributed by atoms with Crippen LogP contribution in [-0.4, -0.2) is 56.5 Å². The molecule has 2 heterocycles. The molecule has 2 fully saturated rings. The fourth-order valence-electron chi connectivity index (χ4n) is 9.39. The number of carbonyl (C=O) groups is 1. The summed E-state index contributed by atoms with van der Waals surface area (Å²) in [6.07, 6.45) is 7.72. The van der Waals surface area contributed by atoms with E-state index in [-0.39, 0.29) is 35.0 Å². The van der Waals surface area contributed by atoms with Gasteiger partial charge in [-0.2, -0.15) is 0 Å². The van der Waals surface area contributed by atoms with E-state index in [4.69, 9.17) is 25.7 Å². The summed E-state index contributed by atoms with van der Waals surface area (Å²) in [4.78, 5) is 21.7. The first kappa shape index (κ1) is 38.0. The Bertz CT molecular complexity index is 1840. The lowest BCUT2D eigenvalue weighted by molar-refractivity contribution is -0.141. The van der Waals surface area contributed by atoms with E-state index < -0.39 is 8.32 Å². The van der Waals surface area contributed by atoms with E-state index >= 15 is 0 Å². The van der Waals surface area contributed by atoms with Crippen molar-refractivity contribution in [1.29, 1.82) is 0 Å². The van der Waals surface area contributed by atoms with Crippen LogP contribution in [0.25, 0.3) is 0 Å². The van der Waals surface area contributed by atoms with Crippen LogP contribution in [0, 0.1) is 11.8 Å². The number of amides is 1. The molecule has 0 N–H and O–H groups in total. The van der Waals surface area contributed by atoms with Gasteiger partial charge in [0.2, 0.25) is 5.91 Å². The van der Waals surface area contributed by atoms with Crippen molar-refractivity contribution >= 4 is 68.1 Å². The van der Waals surface area contributed by atoms with E-state index in [0.717, 1.165) is 71.3 Å². The number of hydrogen-bond donors (Lipinski definition) is 0. The molecule has 1 aliphatic heterocycles. The number of piperidine rings is 1. The number of halogens is 3. The molecule has 9 heteroatoms. The second-order valence-corrected chi connectivity index (χ2v) is 22.4. The molecule has 3 aliphatic rings. The number of hydrogen-bond acceptors (Lipinski definition) is 4. The number of aryl methyl sites for hydroxylation is 2. The van der Waals surface area contributed by atoms with Crippen molar-refractivity contribution in [3.8, 4) is 0 Å². The Kier molecular flexibility index (Phi) is 11.5. The predicted molar refractivity (Wildman–Crippen MR) is 220 cm³/mol. The van der Waals surface area contributed by atoms with Crippen LogP contribution in [0.4, 0.5) is 0 Å². The Labute approximate surface area is 332 Å². The first-order chi connectivity index (χ1) is 25.0. The van der Waals surface area contributed by atoms with Crippen LogP contribution in [0.5, 0.6) is 0 Å². The molecule has 1 saturated carbocycles. The molecule has 1 amide bonds. The van der Waals surface area contributed by atoms with Gasteiger partial charge in [-0.1, -0.05) is 109 Å². The van der Waals surface area contributed by atoms with Gasteiger partial charge >= 0.3 is 0 Å². The minimum absolute atomic E-state index is 0.0305. The molecule has 3 unspecified atom stereocenters. The van der Waals surface area contributed by atoms with Gasteiger partial charge in [0.25, 0.3) is 8.32 Å². The molecule has 0 bridgehead atoms. The summed E-state index contributed by atoms with van der Waals surface area (Å²) in [5.41, 5.74) is 5.04. The largest absolute Gasteiger partial charge is 0.404 e. The quantitative estimate of drug-likeness (QED) is 0.174. The molecule has 4 aromatic rings. The number of carbonyl (C=O) groups excluding carboxylic acids is 1. The van der Waals surface area contributed by atoms with Gasteiger partial charge in [0.1, 0.15) is 0 Å². The second-order valence-electron chi connectivity index (χ2n) is 16.0. The highest BCUT2D eigenvalue weighted by atomic mass is 79.9. The lowest BCUT2D eigenvalue weighted by Gasteiger charge is -2.47. The van der Waals surface area contributed by atoms with Gasteiger partial charge in [-0.15, -0.1) is 0 Å². The van der Waals surface area contributed by atoms with Crippen molar-refractivity contribution in [1.82, 2.24) is 9.88 Å². The number of pyridine rings is 1. The second kappa shape index (κ2) is 15.8. The molecule has 0 spiro atoms. The Morgan fingerprint density at radius 3 is 2.10 bits per heavy atom. The maximum atomic E-state index is 14.5. The van der Waals surface area contributed by atoms with Crippen LogP contribution in [0.1, 0.15) is 81.2 Å². The molecule has 7 rings (SSSR count). The maximum absolute atomic E-state index is 14.5. The molecule has 4 atom stereocenters. The summed E-state index contributed by atoms with van der Waals surface area (Å²) in [7, 11) is -1.01. The number of methoxy groups -OCH3 is 1. The van der Waals surface area contributed by atoms with Crippen molar-refractivity contribution < 1.29 is 14.0 Å². The zero-order valence-electron chi connectivity index (χ0n) is 30.6. The molecule has 2 aliphatic carbocycles. The summed E-state index contributed by atoms with van der Waals surface area (Å²) in [6.45, 7) is 8.42. The fourth-order valence-corrected chi connectivity index (χ4v) is 15.6. The number of rotatable bonds is 7. The average Bonchev–Trinajstić information content (AvgIpc) is 3.30. The average molecular weight is 865 g/mol. The summed E-state index contributed by atoms with van der Waals surface area (Å²) < 4.78 is 15.7. The monoisotopic (exact) mass is 862 g/mol. The van der Waals surface area contributed by atoms with E-state index in [1.54, 1.807) is 7.11 Å². The van der Waals surface area contributed by atoms with Crippen LogP contribution in [-0.2, 0) is 26.8 Å². The third-order valence-electron chi connectivity index (χ3n) is 11.8. The third kappa shape index (κ3) is 7.50. The smallest absolute Gasteiger partial charge is 0.261 e. The number of nitrogens with zero attached hydrogens (tertiary/aromatic N) is 2. The van der Waals surface area contributed by atoms with Crippen molar-refractivity contribution in [3.05, 3.63) is 121 Å². The number of likely N-dealkylation sites (tertiary alicyclic amines) is 1. The number of ether oxygens (including phenoxy) is 1. The molecule has 1 saturated heterocycles. The first-order valence-electron chi connectivity index (χ1n) is 18.7. The molecule has 52 heavy (non-hydrogen) atoms. The van der Waals surface area contributed by atoms with Gasteiger partial charge in [-0.3, -0.25) is 9.78 Å². The third-order valence-corrected chi connectivity index (χ3v) is 18.2. The van der Waals surface area contributed by atoms with Gasteiger partial charge in [-0.25, -0.2) is 0 Å². The zero-order valence-corrected chi connectivity index (χ0v) is 35.5. The molecular weight excluding hydrogens is 816 g/mol. The molecule has 1 aromatic heterocycles. The maximum Gasteiger partial charge on any atom is 0.261 e. The van der Waals surface area contributed by atoms with Crippen molar-refractivity contribution in [2.24, 2.45) is 11.8 Å². The van der Waals surface area contributed by atoms with Gasteiger partial charge in [0, 0.05) is 58.3 Å². The van der Waals surface area contributed by atoms with E-state index in [1.165, 1.54) is 27.1 Å². The molecule has 274 valence electrons. The van der Waals surface area contributed by atoms with Crippen LogP contribution in [0.2, 0.25) is 10.1 Å². The first-order valence-corrected chi connectivity index (χ1v) is 22.6. The number of benzene rings is 3. The summed E-state index contributed by atoms with van der Waals surface area (Å²) in [5, 5.41) is 3.13. The molecular formula is C43H49Br2ClN2O3Si. The Morgan fingerprint density at radius 2 is 1.48 bits per heavy atom. The Morgan fingerprint density at radius 1 is 0.865 bits per heavy atom. The van der Waals surface area contributed by atoms with E-state index in [9.17, 15) is 4.79 Å². The van der Waals surface area contributed by atoms with E-state index in [0.29, 0.717) is 12.3 Å². The van der Waals surface area contributed by atoms with Crippen molar-refractivity contribution in [2.75, 3.05) is 20.2 Å². The predicted octanol–water partition coefficient (Wildman–Crippen LogP) is 9.49. The Hall–Kier alpha value is -2.33. The zero-order chi connectivity index (χ0) is 36.6. The van der Waals surface area contributed by atoms with Crippen molar-refractivity contribution in [3.63, 3.8) is 0 Å². The lowest BCUT2D eigenvalue weighted by Crippen LogP contribution is -2.68. The number of aromatic nitrogens is 1. The van der Waals surface area contributed by atoms with Crippen LogP contribution >= 0.6 is 43.5 Å². The minimum atomic E-state index is -2.79. The minimum Gasteiger partial charge on any atom is -0.404 e. The van der Waals surface area contributed by atoms with Gasteiger partial charge in [0.05, 0.1) is 11.8 Å². The summed E-state index contributed by atoms with van der Waals surface area (Å²) in [6, 6.07) is 28.0. The van der Waals surface area contributed by atoms with Crippen molar-refractivity contribution in [2.45, 2.75) is 88.9 Å². The standard InChI is InChI=1S/C43H49Br2ClN2O3Si/c1-43(2,3)52(36-11-7-5-8-12-36,37-13-9-6-10-14-37)51-35-24-31(23-34(26-35)50-4)42(49)48-19-17-28(18-20-48)40-39-29(22-33(46)25-38(39)45)15-16-30-21-32(44)27-47-41(30)40/h5-14,21-22,25,27-28,31,34-35,40H,15-20,23-24,26H2,1-4H3/t31?,34?,35?,40-/m1/s1. The van der Waals surface area contributed by atoms with Gasteiger partial charge < -0.3 is 14.1 Å². The normalized spacial score (nSPS) is 22.7. The SMILES string of the molecule is COC1CC(O[Si](c2ccccc2)(c2ccccc2)C(C)(C)C)CC(C(=O)N2CCC([C@H]3c4ncc(Br)cc4CCc4cc(Cl)cc(Br)c43)CC2)C1. The van der Waals surface area contributed by atoms with E-state index in [2.05, 4.69) is 130 Å². The van der Waals surface area contributed by atoms with Crippen LogP contribution in [0.3, 0.4) is 0 Å². The highest BCUT2D eigenvalue weighted by molar-refractivity contribution is 9.10. The van der Waals surface area contributed by atoms with Crippen LogP contribution in [0.15, 0.2) is 94.0 Å². The van der Waals surface area contributed by atoms with Crippen LogP contribution < -0.4 is 10.4 Å². The molecule has 3 aromatic carbocycles. The summed E-state index contributed by atoms with van der Waals surface area (Å²) >= 11 is 14.1. The highest BCUT2D eigenvalue weighted by Crippen LogP contribution is 2.47. The fraction of sp³-hybridized carbons (Fsp3) is 0.442. The summed E-state index contributed by atoms with van der Waals surface area (Å²) in [5.74, 6) is 0.595. The van der Waals surface area contributed by atoms with Gasteiger partial charge in [-0.05, 0) is 117 Å². The highest BCUT2D eigenvalue weighted by Gasteiger charge is 2.52. The Balaban J connectivity index is 1.13. The lowest BCUT2D eigenvalue weighted by atomic mass is 9.76. The molecule has 5 nitrogen and oxygen atoms in total. The van der Waals surface area contributed by atoms with Gasteiger partial charge in [0.15, 0.2) is 0 Å².